The first kappa shape index (κ1) is 33.0. The van der Waals surface area contributed by atoms with Gasteiger partial charge in [-0.15, -0.1) is 0 Å². The molecule has 2 aliphatic carbocycles. The molecule has 0 aromatic heterocycles. The van der Waals surface area contributed by atoms with Gasteiger partial charge in [-0.3, -0.25) is 9.69 Å². The minimum absolute atomic E-state index is 0.0258. The van der Waals surface area contributed by atoms with Crippen LogP contribution in [0.4, 0.5) is 11.4 Å². The highest BCUT2D eigenvalue weighted by Gasteiger charge is 2.52. The van der Waals surface area contributed by atoms with Gasteiger partial charge in [-0.1, -0.05) is 26.0 Å². The monoisotopic (exact) mass is 608 g/mol. The summed E-state index contributed by atoms with van der Waals surface area (Å²) in [5, 5.41) is 3.59. The van der Waals surface area contributed by atoms with Gasteiger partial charge in [-0.25, -0.2) is 0 Å². The quantitative estimate of drug-likeness (QED) is 0.193. The van der Waals surface area contributed by atoms with E-state index in [-0.39, 0.29) is 11.5 Å². The second-order valence-corrected chi connectivity index (χ2v) is 12.8. The number of nitrogens with zero attached hydrogens (tertiary/aromatic N) is 1. The van der Waals surface area contributed by atoms with Crippen LogP contribution in [-0.2, 0) is 35.5 Å². The number of ether oxygens (including phenoxy) is 5. The number of nitrogens with one attached hydrogen (secondary N) is 1. The topological polar surface area (TPSA) is 78.5 Å². The molecule has 1 N–H and O–H groups in total. The molecule has 0 amide bonds. The molecule has 2 fully saturated rings. The van der Waals surface area contributed by atoms with Crippen LogP contribution in [0, 0.1) is 11.8 Å². The summed E-state index contributed by atoms with van der Waals surface area (Å²) in [7, 11) is 1.66. The third-order valence-electron chi connectivity index (χ3n) is 9.69. The first-order chi connectivity index (χ1) is 21.5. The van der Waals surface area contributed by atoms with Gasteiger partial charge in [0.15, 0.2) is 5.78 Å². The van der Waals surface area contributed by atoms with Crippen LogP contribution in [-0.4, -0.2) is 96.4 Å². The molecule has 242 valence electrons. The van der Waals surface area contributed by atoms with E-state index in [2.05, 4.69) is 66.5 Å². The molecule has 1 aliphatic heterocycles. The van der Waals surface area contributed by atoms with Gasteiger partial charge < -0.3 is 29.0 Å². The third kappa shape index (κ3) is 8.68. The van der Waals surface area contributed by atoms with Crippen molar-refractivity contribution in [3.8, 4) is 0 Å². The number of hydrogen-bond acceptors (Lipinski definition) is 8. The van der Waals surface area contributed by atoms with Gasteiger partial charge in [-0.05, 0) is 97.4 Å². The van der Waals surface area contributed by atoms with Gasteiger partial charge in [0.2, 0.25) is 0 Å². The molecule has 8 heteroatoms. The van der Waals surface area contributed by atoms with Gasteiger partial charge in [0, 0.05) is 37.2 Å². The number of carbonyl (C=O) groups excluding carboxylic acids is 1. The number of rotatable bonds is 20. The maximum Gasteiger partial charge on any atom is 0.180 e. The van der Waals surface area contributed by atoms with E-state index in [9.17, 15) is 4.79 Å². The summed E-state index contributed by atoms with van der Waals surface area (Å²) >= 11 is 0. The highest BCUT2D eigenvalue weighted by atomic mass is 16.6. The number of carbonyl (C=O) groups is 1. The van der Waals surface area contributed by atoms with Gasteiger partial charge in [0.1, 0.15) is 0 Å². The van der Waals surface area contributed by atoms with Crippen LogP contribution in [0.3, 0.4) is 0 Å². The first-order valence-corrected chi connectivity index (χ1v) is 16.6. The van der Waals surface area contributed by atoms with E-state index in [4.69, 9.17) is 23.7 Å². The van der Waals surface area contributed by atoms with Crippen LogP contribution in [0.15, 0.2) is 42.5 Å². The van der Waals surface area contributed by atoms with Crippen LogP contribution in [0.2, 0.25) is 0 Å². The molecule has 3 aliphatic rings. The molecule has 0 spiro atoms. The fraction of sp³-hybridized carbons (Fsp3) is 0.639. The smallest absolute Gasteiger partial charge is 0.180 e. The number of ketones is 1. The van der Waals surface area contributed by atoms with Gasteiger partial charge in [-0.2, -0.15) is 0 Å². The highest BCUT2D eigenvalue weighted by Crippen LogP contribution is 2.50. The van der Waals surface area contributed by atoms with Crippen molar-refractivity contribution in [2.75, 3.05) is 85.0 Å². The minimum Gasteiger partial charge on any atom is -0.382 e. The van der Waals surface area contributed by atoms with Crippen molar-refractivity contribution in [3.05, 3.63) is 59.2 Å². The van der Waals surface area contributed by atoms with Gasteiger partial charge in [0.05, 0.1) is 58.9 Å². The molecular formula is C36H52N2O6. The molecule has 2 bridgehead atoms. The molecule has 0 radical (unpaired) electrons. The number of anilines is 2. The molecule has 8 nitrogen and oxygen atoms in total. The molecule has 44 heavy (non-hydrogen) atoms. The second-order valence-electron chi connectivity index (χ2n) is 12.8. The zero-order valence-electron chi connectivity index (χ0n) is 27.0. The Labute approximate surface area is 263 Å². The molecule has 2 aromatic carbocycles. The fourth-order valence-corrected chi connectivity index (χ4v) is 6.69. The van der Waals surface area contributed by atoms with Crippen molar-refractivity contribution in [3.63, 3.8) is 0 Å². The maximum atomic E-state index is 13.7. The van der Waals surface area contributed by atoms with E-state index in [0.29, 0.717) is 71.2 Å². The number of methoxy groups -OCH3 is 1. The number of Topliss-reactive ketones (excluding diaryl/α,β-unsaturated/α-hetero) is 1. The largest absolute Gasteiger partial charge is 0.382 e. The van der Waals surface area contributed by atoms with Crippen LogP contribution in [0.5, 0.6) is 0 Å². The lowest BCUT2D eigenvalue weighted by Gasteiger charge is -2.53. The van der Waals surface area contributed by atoms with Gasteiger partial charge in [0.25, 0.3) is 0 Å². The lowest BCUT2D eigenvalue weighted by Crippen LogP contribution is -2.61. The molecule has 5 rings (SSSR count). The van der Waals surface area contributed by atoms with Crippen LogP contribution >= 0.6 is 0 Å². The first-order valence-electron chi connectivity index (χ1n) is 16.6. The van der Waals surface area contributed by atoms with E-state index < -0.39 is 0 Å². The van der Waals surface area contributed by atoms with Crippen LogP contribution in [0.25, 0.3) is 0 Å². The van der Waals surface area contributed by atoms with E-state index >= 15 is 0 Å². The standard InChI is InChI=1S/C36H52N2O6/c1-27-34-35(39)32-13-12-31(25-33(32)36(27,2)14-15-38(34)26-29-6-7-29)37-30-10-8-28(9-11-30)5-4-16-41-19-20-43-23-24-44-22-21-42-18-17-40-3/h8-13,25,27,29,34,37H,4-7,14-24,26H2,1-3H3/t27-,34?,36+/m0/s1. The summed E-state index contributed by atoms with van der Waals surface area (Å²) in [4.78, 5) is 16.2. The number of hydrogen-bond donors (Lipinski definition) is 1. The van der Waals surface area contributed by atoms with E-state index in [1.54, 1.807) is 7.11 Å². The second kappa shape index (κ2) is 16.3. The van der Waals surface area contributed by atoms with E-state index in [1.807, 2.05) is 0 Å². The van der Waals surface area contributed by atoms with E-state index in [0.717, 1.165) is 55.2 Å². The fourth-order valence-electron chi connectivity index (χ4n) is 6.69. The lowest BCUT2D eigenvalue weighted by molar-refractivity contribution is -0.00788. The number of fused-ring (bicyclic) bond motifs is 4. The zero-order chi connectivity index (χ0) is 30.8. The maximum absolute atomic E-state index is 13.7. The number of likely N-dealkylation sites (tertiary alicyclic amines) is 1. The van der Waals surface area contributed by atoms with Crippen molar-refractivity contribution < 1.29 is 28.5 Å². The van der Waals surface area contributed by atoms with Crippen LogP contribution < -0.4 is 5.32 Å². The van der Waals surface area contributed by atoms with Crippen molar-refractivity contribution in [2.45, 2.75) is 57.4 Å². The SMILES string of the molecule is COCCOCCOCCOCCOCCCc1ccc(Nc2ccc3c(c2)[C@]2(C)CCN(CC4CC4)C(C3=O)[C@@H]2C)cc1. The van der Waals surface area contributed by atoms with Crippen molar-refractivity contribution in [2.24, 2.45) is 11.8 Å². The molecule has 1 heterocycles. The average molecular weight is 609 g/mol. The summed E-state index contributed by atoms with van der Waals surface area (Å²) in [5.41, 5.74) is 5.57. The minimum atomic E-state index is 0.0258. The zero-order valence-corrected chi connectivity index (χ0v) is 27.0. The number of benzene rings is 2. The summed E-state index contributed by atoms with van der Waals surface area (Å²) in [6, 6.07) is 15.0. The third-order valence-corrected chi connectivity index (χ3v) is 9.69. The summed E-state index contributed by atoms with van der Waals surface area (Å²) in [6.45, 7) is 12.1. The Kier molecular flexibility index (Phi) is 12.2. The van der Waals surface area contributed by atoms with Crippen LogP contribution in [0.1, 0.15) is 61.0 Å². The molecule has 1 saturated carbocycles. The molecule has 2 aromatic rings. The molecule has 1 unspecified atom stereocenters. The normalized spacial score (nSPS) is 23.1. The Morgan fingerprint density at radius 2 is 1.45 bits per heavy atom. The molecule has 1 saturated heterocycles. The Morgan fingerprint density at radius 3 is 2.09 bits per heavy atom. The Hall–Kier alpha value is -2.33. The Balaban J connectivity index is 0.994. The number of aryl methyl sites for hydroxylation is 1. The molecular weight excluding hydrogens is 556 g/mol. The Morgan fingerprint density at radius 1 is 0.841 bits per heavy atom. The van der Waals surface area contributed by atoms with Gasteiger partial charge >= 0.3 is 0 Å². The molecule has 3 atom stereocenters. The van der Waals surface area contributed by atoms with Crippen molar-refractivity contribution >= 4 is 17.2 Å². The van der Waals surface area contributed by atoms with E-state index in [1.165, 1.54) is 24.0 Å². The van der Waals surface area contributed by atoms with Crippen molar-refractivity contribution in [1.29, 1.82) is 0 Å². The predicted molar refractivity (Wildman–Crippen MR) is 173 cm³/mol. The lowest BCUT2D eigenvalue weighted by atomic mass is 9.58. The number of piperidine rings is 1. The summed E-state index contributed by atoms with van der Waals surface area (Å²) in [5.74, 6) is 1.44. The average Bonchev–Trinajstić information content (AvgIpc) is 3.85. The highest BCUT2D eigenvalue weighted by molar-refractivity contribution is 6.04. The van der Waals surface area contributed by atoms with Crippen molar-refractivity contribution in [1.82, 2.24) is 4.90 Å². The Bertz CT molecular complexity index is 1190. The summed E-state index contributed by atoms with van der Waals surface area (Å²) < 4.78 is 27.0. The predicted octanol–water partition coefficient (Wildman–Crippen LogP) is 5.65. The summed E-state index contributed by atoms with van der Waals surface area (Å²) in [6.07, 6.45) is 5.69.